The molecule has 0 atom stereocenters. The molecule has 0 aliphatic rings. The zero-order chi connectivity index (χ0) is 10.8. The number of fused-ring (bicyclic) bond motifs is 1. The summed E-state index contributed by atoms with van der Waals surface area (Å²) in [4.78, 5) is 25.2. The molecule has 0 aliphatic heterocycles. The Labute approximate surface area is 86.3 Å². The summed E-state index contributed by atoms with van der Waals surface area (Å²) in [6.07, 6.45) is 1.52. The van der Waals surface area contributed by atoms with Gasteiger partial charge in [-0.25, -0.2) is 0 Å². The van der Waals surface area contributed by atoms with Crippen molar-refractivity contribution in [1.82, 2.24) is 19.5 Å². The summed E-state index contributed by atoms with van der Waals surface area (Å²) in [7, 11) is 7.88. The van der Waals surface area contributed by atoms with E-state index < -0.39 is 0 Å². The molecule has 0 unspecified atom stereocenters. The SMILES string of the molecule is [B]N=BNc1nc2c(ncn2C)c(=O)[nH]1. The molecule has 2 aromatic heterocycles. The number of H-pyrrole nitrogens is 1. The third-order valence-electron chi connectivity index (χ3n) is 1.85. The van der Waals surface area contributed by atoms with Crippen LogP contribution in [0.25, 0.3) is 11.2 Å². The first-order chi connectivity index (χ1) is 7.22. The monoisotopic (exact) mass is 200 g/mol. The van der Waals surface area contributed by atoms with Crippen LogP contribution in [0.5, 0.6) is 0 Å². The van der Waals surface area contributed by atoms with E-state index in [2.05, 4.69) is 25.0 Å². The van der Waals surface area contributed by atoms with Crippen molar-refractivity contribution < 1.29 is 0 Å². The first-order valence-corrected chi connectivity index (χ1v) is 4.12. The molecule has 0 saturated heterocycles. The summed E-state index contributed by atoms with van der Waals surface area (Å²) < 4.78 is 1.65. The summed E-state index contributed by atoms with van der Waals surface area (Å²) in [5.41, 5.74) is 0.480. The maximum atomic E-state index is 11.5. The van der Waals surface area contributed by atoms with Gasteiger partial charge in [0.05, 0.1) is 0 Å². The third-order valence-corrected chi connectivity index (χ3v) is 1.85. The van der Waals surface area contributed by atoms with Gasteiger partial charge >= 0.3 is 85.6 Å². The summed E-state index contributed by atoms with van der Waals surface area (Å²) in [5, 5.41) is 2.62. The Morgan fingerprint density at radius 3 is 3.27 bits per heavy atom. The van der Waals surface area contributed by atoms with Gasteiger partial charge in [-0.15, -0.1) is 0 Å². The van der Waals surface area contributed by atoms with E-state index in [0.717, 1.165) is 0 Å². The van der Waals surface area contributed by atoms with Crippen LogP contribution in [0.15, 0.2) is 15.9 Å². The summed E-state index contributed by atoms with van der Waals surface area (Å²) >= 11 is 0. The third kappa shape index (κ3) is 1.67. The Morgan fingerprint density at radius 2 is 2.53 bits per heavy atom. The van der Waals surface area contributed by atoms with Gasteiger partial charge in [-0.2, -0.15) is 0 Å². The van der Waals surface area contributed by atoms with Gasteiger partial charge in [0, 0.05) is 0 Å². The van der Waals surface area contributed by atoms with Gasteiger partial charge in [0.15, 0.2) is 0 Å². The van der Waals surface area contributed by atoms with Gasteiger partial charge in [-0.1, -0.05) is 0 Å². The van der Waals surface area contributed by atoms with Gasteiger partial charge in [0.1, 0.15) is 0 Å². The van der Waals surface area contributed by atoms with Gasteiger partial charge in [-0.05, 0) is 0 Å². The molecule has 0 aromatic carbocycles. The Balaban J connectivity index is 2.60. The average Bonchev–Trinajstić information content (AvgIpc) is 2.58. The number of nitrogens with zero attached hydrogens (tertiary/aromatic N) is 4. The van der Waals surface area contributed by atoms with E-state index in [9.17, 15) is 4.79 Å². The van der Waals surface area contributed by atoms with Crippen molar-refractivity contribution in [3.8, 4) is 0 Å². The van der Waals surface area contributed by atoms with Gasteiger partial charge in [-0.3, -0.25) is 0 Å². The molecule has 15 heavy (non-hydrogen) atoms. The average molecular weight is 200 g/mol. The Kier molecular flexibility index (Phi) is 2.36. The second-order valence-electron chi connectivity index (χ2n) is 2.86. The van der Waals surface area contributed by atoms with Crippen molar-refractivity contribution in [2.75, 3.05) is 5.23 Å². The van der Waals surface area contributed by atoms with E-state index in [-0.39, 0.29) is 11.5 Å². The number of aryl methyl sites for hydroxylation is 1. The number of hydrogen-bond donors (Lipinski definition) is 2. The number of aromatic nitrogens is 4. The second kappa shape index (κ2) is 3.68. The van der Waals surface area contributed by atoms with Gasteiger partial charge in [0.2, 0.25) is 0 Å². The first kappa shape index (κ1) is 9.63. The van der Waals surface area contributed by atoms with Crippen LogP contribution in [0.2, 0.25) is 0 Å². The molecular formula is C6H6B2N6O. The normalized spacial score (nSPS) is 10.7. The van der Waals surface area contributed by atoms with E-state index in [1.807, 2.05) is 0 Å². The molecular weight excluding hydrogens is 194 g/mol. The van der Waals surface area contributed by atoms with Crippen molar-refractivity contribution in [3.63, 3.8) is 0 Å². The van der Waals surface area contributed by atoms with Crippen molar-refractivity contribution in [2.24, 2.45) is 11.9 Å². The molecule has 0 saturated carbocycles. The van der Waals surface area contributed by atoms with Crippen LogP contribution in [-0.4, -0.2) is 34.7 Å². The van der Waals surface area contributed by atoms with E-state index in [0.29, 0.717) is 11.2 Å². The van der Waals surface area contributed by atoms with E-state index >= 15 is 0 Å². The van der Waals surface area contributed by atoms with Crippen molar-refractivity contribution in [3.05, 3.63) is 16.7 Å². The molecule has 2 aromatic rings. The molecule has 2 rings (SSSR count). The number of nitrogens with one attached hydrogen (secondary N) is 2. The van der Waals surface area contributed by atoms with E-state index in [1.165, 1.54) is 13.5 Å². The molecule has 0 amide bonds. The van der Waals surface area contributed by atoms with Crippen molar-refractivity contribution >= 4 is 32.3 Å². The van der Waals surface area contributed by atoms with Gasteiger partial charge in [0.25, 0.3) is 0 Å². The zero-order valence-electron chi connectivity index (χ0n) is 7.93. The Bertz CT molecular complexity index is 572. The van der Waals surface area contributed by atoms with Crippen LogP contribution in [-0.2, 0) is 7.05 Å². The van der Waals surface area contributed by atoms with Crippen LogP contribution in [0.4, 0.5) is 5.95 Å². The number of hydrogen-bond acceptors (Lipinski definition) is 4. The second-order valence-corrected chi connectivity index (χ2v) is 2.86. The standard InChI is InChI=1S/C6H6B2N6O/c1-14-2-9-3-4(14)10-6(11-5(3)15)12-8-13-7/h2H,1H3,(H2,10,11,12,15). The molecule has 2 radical (unpaired) electrons. The van der Waals surface area contributed by atoms with Crippen LogP contribution in [0, 0.1) is 0 Å². The van der Waals surface area contributed by atoms with Gasteiger partial charge < -0.3 is 0 Å². The topological polar surface area (TPSA) is 88.0 Å². The number of anilines is 1. The number of rotatable bonds is 2. The fraction of sp³-hybridized carbons (Fsp3) is 0.167. The van der Waals surface area contributed by atoms with Crippen LogP contribution < -0.4 is 10.8 Å². The van der Waals surface area contributed by atoms with Crippen molar-refractivity contribution in [2.45, 2.75) is 0 Å². The van der Waals surface area contributed by atoms with Crippen LogP contribution >= 0.6 is 0 Å². The van der Waals surface area contributed by atoms with E-state index in [1.54, 1.807) is 11.6 Å². The quantitative estimate of drug-likeness (QED) is 0.605. The molecule has 2 N–H and O–H groups in total. The predicted molar refractivity (Wildman–Crippen MR) is 56.7 cm³/mol. The molecule has 7 nitrogen and oxygen atoms in total. The molecule has 72 valence electrons. The van der Waals surface area contributed by atoms with Crippen molar-refractivity contribution in [1.29, 1.82) is 0 Å². The maximum absolute atomic E-state index is 11.5. The molecule has 0 aliphatic carbocycles. The number of aromatic amines is 1. The molecule has 2 heterocycles. The molecule has 0 bridgehead atoms. The fourth-order valence-corrected chi connectivity index (χ4v) is 1.18. The molecule has 0 spiro atoms. The fourth-order valence-electron chi connectivity index (χ4n) is 1.18. The Morgan fingerprint density at radius 1 is 1.73 bits per heavy atom. The minimum atomic E-state index is -0.312. The summed E-state index contributed by atoms with van der Waals surface area (Å²) in [6, 6.07) is 0. The molecule has 0 fully saturated rings. The Hall–Kier alpha value is -1.92. The van der Waals surface area contributed by atoms with E-state index in [4.69, 9.17) is 7.98 Å². The van der Waals surface area contributed by atoms with Crippen LogP contribution in [0.1, 0.15) is 0 Å². The first-order valence-electron chi connectivity index (χ1n) is 4.12. The number of imidazole rings is 1. The predicted octanol–water partition coefficient (Wildman–Crippen LogP) is -1.05. The minimum absolute atomic E-state index is 0.269. The van der Waals surface area contributed by atoms with Crippen LogP contribution in [0.3, 0.4) is 0 Å². The zero-order valence-corrected chi connectivity index (χ0v) is 7.93. The molecule has 9 heteroatoms. The summed E-state index contributed by atoms with van der Waals surface area (Å²) in [5.74, 6) is 0.269. The summed E-state index contributed by atoms with van der Waals surface area (Å²) in [6.45, 7) is 0.